The number of carboxylic acid groups (broad SMARTS) is 1. The molecular weight excluding hydrogens is 401 g/mol. The Morgan fingerprint density at radius 3 is 2.39 bits per heavy atom. The van der Waals surface area contributed by atoms with Crippen molar-refractivity contribution in [3.63, 3.8) is 0 Å². The molecule has 6 nitrogen and oxygen atoms in total. The van der Waals surface area contributed by atoms with Crippen molar-refractivity contribution >= 4 is 15.8 Å². The molecule has 1 aliphatic carbocycles. The SMILES string of the molecule is O=C(O)[C@@H]1C[C@@H](S(=O)(=O)c2ccccc2C(F)(F)F)C[C@H]1OC1CCOCC1. The second-order valence-corrected chi connectivity index (χ2v) is 9.26. The number of carbonyl (C=O) groups is 1. The van der Waals surface area contributed by atoms with Gasteiger partial charge in [-0.2, -0.15) is 13.2 Å². The molecule has 10 heteroatoms. The second-order valence-electron chi connectivity index (χ2n) is 7.06. The van der Waals surface area contributed by atoms with E-state index in [4.69, 9.17) is 9.47 Å². The molecule has 0 aromatic heterocycles. The summed E-state index contributed by atoms with van der Waals surface area (Å²) in [7, 11) is -4.38. The number of aliphatic carboxylic acids is 1. The van der Waals surface area contributed by atoms with Crippen LogP contribution in [-0.4, -0.2) is 50.2 Å². The number of hydrogen-bond acceptors (Lipinski definition) is 5. The molecule has 3 rings (SSSR count). The summed E-state index contributed by atoms with van der Waals surface area (Å²) < 4.78 is 76.7. The van der Waals surface area contributed by atoms with Gasteiger partial charge in [-0.05, 0) is 37.8 Å². The van der Waals surface area contributed by atoms with Gasteiger partial charge in [0.2, 0.25) is 0 Å². The van der Waals surface area contributed by atoms with Crippen molar-refractivity contribution < 1.29 is 41.0 Å². The monoisotopic (exact) mass is 422 g/mol. The number of benzene rings is 1. The highest BCUT2D eigenvalue weighted by Gasteiger charge is 2.48. The average Bonchev–Trinajstić information content (AvgIpc) is 3.07. The minimum Gasteiger partial charge on any atom is -0.481 e. The van der Waals surface area contributed by atoms with E-state index in [1.54, 1.807) is 0 Å². The first-order valence-electron chi connectivity index (χ1n) is 8.97. The Hall–Kier alpha value is -1.65. The van der Waals surface area contributed by atoms with Gasteiger partial charge < -0.3 is 14.6 Å². The molecule has 0 spiro atoms. The highest BCUT2D eigenvalue weighted by Crippen LogP contribution is 2.41. The number of rotatable bonds is 5. The predicted molar refractivity (Wildman–Crippen MR) is 91.5 cm³/mol. The summed E-state index contributed by atoms with van der Waals surface area (Å²) in [5.74, 6) is -2.29. The lowest BCUT2D eigenvalue weighted by Crippen LogP contribution is -2.33. The van der Waals surface area contributed by atoms with Gasteiger partial charge in [0.25, 0.3) is 0 Å². The van der Waals surface area contributed by atoms with Crippen molar-refractivity contribution in [3.05, 3.63) is 29.8 Å². The van der Waals surface area contributed by atoms with Gasteiger partial charge in [-0.25, -0.2) is 8.42 Å². The van der Waals surface area contributed by atoms with E-state index in [1.807, 2.05) is 0 Å². The predicted octanol–water partition coefficient (Wildman–Crippen LogP) is 2.91. The van der Waals surface area contributed by atoms with E-state index in [0.717, 1.165) is 12.1 Å². The first-order valence-corrected chi connectivity index (χ1v) is 10.5. The van der Waals surface area contributed by atoms with E-state index in [9.17, 15) is 31.5 Å². The minimum absolute atomic E-state index is 0.150. The Kier molecular flexibility index (Phi) is 6.02. The van der Waals surface area contributed by atoms with Crippen LogP contribution in [0.25, 0.3) is 0 Å². The molecule has 0 amide bonds. The van der Waals surface area contributed by atoms with Crippen LogP contribution in [0.15, 0.2) is 29.2 Å². The van der Waals surface area contributed by atoms with E-state index in [2.05, 4.69) is 0 Å². The molecule has 0 bridgehead atoms. The first-order chi connectivity index (χ1) is 13.1. The molecule has 0 unspecified atom stereocenters. The Morgan fingerprint density at radius 2 is 1.79 bits per heavy atom. The van der Waals surface area contributed by atoms with Crippen molar-refractivity contribution in [3.8, 4) is 0 Å². The summed E-state index contributed by atoms with van der Waals surface area (Å²) in [6, 6.07) is 3.97. The summed E-state index contributed by atoms with van der Waals surface area (Å²) >= 11 is 0. The van der Waals surface area contributed by atoms with Crippen LogP contribution < -0.4 is 0 Å². The number of carboxylic acids is 1. The van der Waals surface area contributed by atoms with Gasteiger partial charge in [0.15, 0.2) is 9.84 Å². The molecule has 156 valence electrons. The molecule has 0 radical (unpaired) electrons. The summed E-state index contributed by atoms with van der Waals surface area (Å²) in [4.78, 5) is 10.8. The van der Waals surface area contributed by atoms with Gasteiger partial charge in [-0.1, -0.05) is 12.1 Å². The molecule has 1 aromatic rings. The highest BCUT2D eigenvalue weighted by molar-refractivity contribution is 7.92. The van der Waals surface area contributed by atoms with Crippen LogP contribution in [0.5, 0.6) is 0 Å². The number of sulfone groups is 1. The normalized spacial score (nSPS) is 27.0. The zero-order chi connectivity index (χ0) is 20.5. The summed E-state index contributed by atoms with van der Waals surface area (Å²) in [6.45, 7) is 0.936. The molecule has 1 N–H and O–H groups in total. The highest BCUT2D eigenvalue weighted by atomic mass is 32.2. The molecule has 1 aliphatic heterocycles. The van der Waals surface area contributed by atoms with Crippen LogP contribution in [0.2, 0.25) is 0 Å². The fraction of sp³-hybridized carbons (Fsp3) is 0.611. The molecule has 28 heavy (non-hydrogen) atoms. The van der Waals surface area contributed by atoms with Crippen molar-refractivity contribution in [2.45, 2.75) is 54.2 Å². The Labute approximate surface area is 160 Å². The maximum atomic E-state index is 13.3. The van der Waals surface area contributed by atoms with E-state index in [1.165, 1.54) is 6.07 Å². The van der Waals surface area contributed by atoms with Crippen molar-refractivity contribution in [1.29, 1.82) is 0 Å². The zero-order valence-electron chi connectivity index (χ0n) is 14.9. The third kappa shape index (κ3) is 4.33. The van der Waals surface area contributed by atoms with Gasteiger partial charge in [0.05, 0.1) is 33.8 Å². The lowest BCUT2D eigenvalue weighted by molar-refractivity contribution is -0.149. The van der Waals surface area contributed by atoms with Crippen molar-refractivity contribution in [2.75, 3.05) is 13.2 Å². The zero-order valence-corrected chi connectivity index (χ0v) is 15.7. The molecule has 2 aliphatic rings. The maximum absolute atomic E-state index is 13.3. The smallest absolute Gasteiger partial charge is 0.417 e. The van der Waals surface area contributed by atoms with Gasteiger partial charge in [0.1, 0.15) is 0 Å². The van der Waals surface area contributed by atoms with Crippen LogP contribution in [0.3, 0.4) is 0 Å². The fourth-order valence-corrected chi connectivity index (χ4v) is 5.83. The van der Waals surface area contributed by atoms with E-state index >= 15 is 0 Å². The maximum Gasteiger partial charge on any atom is 0.417 e. The topological polar surface area (TPSA) is 89.9 Å². The van der Waals surface area contributed by atoms with E-state index < -0.39 is 49.7 Å². The first kappa shape index (κ1) is 21.1. The molecule has 1 heterocycles. The Bertz CT molecular complexity index is 817. The van der Waals surface area contributed by atoms with Gasteiger partial charge >= 0.3 is 12.1 Å². The van der Waals surface area contributed by atoms with Gasteiger partial charge in [-0.15, -0.1) is 0 Å². The molecule has 1 saturated heterocycles. The van der Waals surface area contributed by atoms with Crippen molar-refractivity contribution in [1.82, 2.24) is 0 Å². The Morgan fingerprint density at radius 1 is 1.14 bits per heavy atom. The third-order valence-electron chi connectivity index (χ3n) is 5.25. The van der Waals surface area contributed by atoms with Gasteiger partial charge in [0, 0.05) is 13.2 Å². The number of hydrogen-bond donors (Lipinski definition) is 1. The lowest BCUT2D eigenvalue weighted by Gasteiger charge is -2.27. The van der Waals surface area contributed by atoms with Crippen molar-refractivity contribution in [2.24, 2.45) is 5.92 Å². The summed E-state index contributed by atoms with van der Waals surface area (Å²) in [5, 5.41) is 8.22. The summed E-state index contributed by atoms with van der Waals surface area (Å²) in [6.07, 6.45) is -5.23. The van der Waals surface area contributed by atoms with Crippen LogP contribution in [0, 0.1) is 5.92 Å². The Balaban J connectivity index is 1.86. The van der Waals surface area contributed by atoms with Crippen LogP contribution >= 0.6 is 0 Å². The average molecular weight is 422 g/mol. The van der Waals surface area contributed by atoms with Crippen LogP contribution in [0.4, 0.5) is 13.2 Å². The van der Waals surface area contributed by atoms with E-state index in [-0.39, 0.29) is 18.9 Å². The van der Waals surface area contributed by atoms with Crippen LogP contribution in [-0.2, 0) is 30.3 Å². The van der Waals surface area contributed by atoms with Crippen LogP contribution in [0.1, 0.15) is 31.2 Å². The fourth-order valence-electron chi connectivity index (χ4n) is 3.81. The quantitative estimate of drug-likeness (QED) is 0.785. The largest absolute Gasteiger partial charge is 0.481 e. The molecule has 1 saturated carbocycles. The minimum atomic E-state index is -4.83. The standard InChI is InChI=1S/C18H21F3O6S/c19-18(20,21)14-3-1-2-4-16(14)28(24,25)12-9-13(17(22)23)15(10-12)27-11-5-7-26-8-6-11/h1-4,11-13,15H,5-10H2,(H,22,23)/t12-,13-,15-/m1/s1. The number of halogens is 3. The molecule has 1 aromatic carbocycles. The molecular formula is C18H21F3O6S. The van der Waals surface area contributed by atoms with Gasteiger partial charge in [-0.3, -0.25) is 4.79 Å². The third-order valence-corrected chi connectivity index (χ3v) is 7.48. The van der Waals surface area contributed by atoms with E-state index in [0.29, 0.717) is 32.1 Å². The summed E-state index contributed by atoms with van der Waals surface area (Å²) in [5.41, 5.74) is -1.24. The number of ether oxygens (including phenoxy) is 2. The molecule has 3 atom stereocenters. The molecule has 2 fully saturated rings. The second kappa shape index (κ2) is 8.00. The lowest BCUT2D eigenvalue weighted by atomic mass is 10.1. The number of alkyl halides is 3.